The fraction of sp³-hybridized carbons (Fsp3) is 0.805. The van der Waals surface area contributed by atoms with Crippen LogP contribution in [0.15, 0.2) is 36.5 Å². The van der Waals surface area contributed by atoms with Crippen LogP contribution in [-0.4, -0.2) is 49.3 Å². The first-order valence-electron chi connectivity index (χ1n) is 20.5. The average molecular weight is 742 g/mol. The number of hydrogen-bond acceptors (Lipinski definition) is 8. The molecule has 0 fully saturated rings. The maximum Gasteiger partial charge on any atom is 0.472 e. The van der Waals surface area contributed by atoms with Crippen LogP contribution in [0.2, 0.25) is 0 Å². The molecule has 0 aromatic carbocycles. The Balaban J connectivity index is 4.06. The van der Waals surface area contributed by atoms with Crippen molar-refractivity contribution in [3.8, 4) is 0 Å². The second-order valence-electron chi connectivity index (χ2n) is 13.5. The van der Waals surface area contributed by atoms with Crippen molar-refractivity contribution in [3.63, 3.8) is 0 Å². The van der Waals surface area contributed by atoms with Crippen LogP contribution < -0.4 is 5.73 Å². The first kappa shape index (κ1) is 49.2. The average Bonchev–Trinajstić information content (AvgIpc) is 3.11. The summed E-state index contributed by atoms with van der Waals surface area (Å²) in [4.78, 5) is 34.6. The van der Waals surface area contributed by atoms with E-state index in [9.17, 15) is 19.0 Å². The van der Waals surface area contributed by atoms with E-state index in [2.05, 4.69) is 50.3 Å². The van der Waals surface area contributed by atoms with Gasteiger partial charge in [-0.05, 0) is 51.4 Å². The zero-order valence-electron chi connectivity index (χ0n) is 32.6. The Labute approximate surface area is 312 Å². The summed E-state index contributed by atoms with van der Waals surface area (Å²) < 4.78 is 32.6. The van der Waals surface area contributed by atoms with Gasteiger partial charge in [-0.2, -0.15) is 0 Å². The van der Waals surface area contributed by atoms with Crippen LogP contribution in [-0.2, 0) is 32.7 Å². The third-order valence-corrected chi connectivity index (χ3v) is 9.51. The number of rotatable bonds is 38. The third kappa shape index (κ3) is 37.8. The molecule has 0 amide bonds. The highest BCUT2D eigenvalue weighted by molar-refractivity contribution is 7.47. The lowest BCUT2D eigenvalue weighted by Gasteiger charge is -2.19. The first-order valence-corrected chi connectivity index (χ1v) is 22.0. The molecule has 0 aliphatic rings. The van der Waals surface area contributed by atoms with E-state index in [1.165, 1.54) is 89.9 Å². The van der Waals surface area contributed by atoms with Gasteiger partial charge in [-0.15, -0.1) is 0 Å². The molecule has 0 aliphatic heterocycles. The van der Waals surface area contributed by atoms with E-state index in [4.69, 9.17) is 24.3 Å². The van der Waals surface area contributed by atoms with Crippen LogP contribution in [0.25, 0.3) is 0 Å². The number of hydrogen-bond donors (Lipinski definition) is 2. The first-order chi connectivity index (χ1) is 24.8. The highest BCUT2D eigenvalue weighted by Crippen LogP contribution is 2.43. The Morgan fingerprint density at radius 3 is 1.51 bits per heavy atom. The standard InChI is InChI=1S/C41H76NO8P/c1-3-5-7-9-11-12-13-14-15-16-17-18-19-20-21-22-23-24-25-26-28-30-32-34-41(44)50-39(38-49-51(45,46)48-36-35-42)37-47-40(43)33-31-29-27-10-8-6-4-2/h13-14,16-17,19-20,39H,3-12,15,18,21-38,42H2,1-2H3,(H,45,46)/b14-13-,17-16-,20-19-. The van der Waals surface area contributed by atoms with Crippen LogP contribution >= 0.6 is 7.82 Å². The van der Waals surface area contributed by atoms with Gasteiger partial charge in [0.2, 0.25) is 0 Å². The summed E-state index contributed by atoms with van der Waals surface area (Å²) in [5, 5.41) is 0. The van der Waals surface area contributed by atoms with Crippen molar-refractivity contribution in [2.24, 2.45) is 5.73 Å². The molecule has 0 saturated carbocycles. The predicted molar refractivity (Wildman–Crippen MR) is 210 cm³/mol. The molecule has 0 spiro atoms. The molecule has 2 atom stereocenters. The fourth-order valence-corrected chi connectivity index (χ4v) is 6.23. The van der Waals surface area contributed by atoms with Crippen molar-refractivity contribution in [2.45, 2.75) is 187 Å². The number of allylic oxidation sites excluding steroid dienone is 6. The maximum absolute atomic E-state index is 12.5. The summed E-state index contributed by atoms with van der Waals surface area (Å²) in [5.41, 5.74) is 5.32. The topological polar surface area (TPSA) is 134 Å². The number of phosphoric acid groups is 1. The van der Waals surface area contributed by atoms with Gasteiger partial charge in [-0.3, -0.25) is 18.6 Å². The number of esters is 2. The van der Waals surface area contributed by atoms with Gasteiger partial charge in [0, 0.05) is 19.4 Å². The third-order valence-electron chi connectivity index (χ3n) is 8.53. The second-order valence-corrected chi connectivity index (χ2v) is 15.0. The Morgan fingerprint density at radius 2 is 1.02 bits per heavy atom. The number of carbonyl (C=O) groups is 2. The molecule has 0 aliphatic carbocycles. The van der Waals surface area contributed by atoms with Gasteiger partial charge in [-0.1, -0.05) is 153 Å². The summed E-state index contributed by atoms with van der Waals surface area (Å²) in [7, 11) is -4.37. The molecule has 0 saturated heterocycles. The highest BCUT2D eigenvalue weighted by Gasteiger charge is 2.26. The smallest absolute Gasteiger partial charge is 0.462 e. The molecule has 0 aromatic heterocycles. The summed E-state index contributed by atoms with van der Waals surface area (Å²) in [6, 6.07) is 0. The monoisotopic (exact) mass is 742 g/mol. The molecule has 3 N–H and O–H groups in total. The molecule has 51 heavy (non-hydrogen) atoms. The van der Waals surface area contributed by atoms with Gasteiger partial charge >= 0.3 is 19.8 Å². The molecule has 10 heteroatoms. The molecule has 0 aromatic rings. The minimum Gasteiger partial charge on any atom is -0.462 e. The van der Waals surface area contributed by atoms with E-state index in [-0.39, 0.29) is 32.6 Å². The van der Waals surface area contributed by atoms with Crippen molar-refractivity contribution >= 4 is 19.8 Å². The Hall–Kier alpha value is -1.77. The Morgan fingerprint density at radius 1 is 0.588 bits per heavy atom. The molecule has 2 unspecified atom stereocenters. The number of carbonyl (C=O) groups excluding carboxylic acids is 2. The van der Waals surface area contributed by atoms with Gasteiger partial charge in [-0.25, -0.2) is 4.57 Å². The van der Waals surface area contributed by atoms with Gasteiger partial charge < -0.3 is 20.1 Å². The molecule has 0 radical (unpaired) electrons. The summed E-state index contributed by atoms with van der Waals surface area (Å²) in [6.07, 6.45) is 40.5. The van der Waals surface area contributed by atoms with Crippen molar-refractivity contribution in [3.05, 3.63) is 36.5 Å². The van der Waals surface area contributed by atoms with E-state index in [1.54, 1.807) is 0 Å². The lowest BCUT2D eigenvalue weighted by molar-refractivity contribution is -0.161. The van der Waals surface area contributed by atoms with Crippen molar-refractivity contribution in [1.29, 1.82) is 0 Å². The second kappa shape index (κ2) is 38.0. The highest BCUT2D eigenvalue weighted by atomic mass is 31.2. The summed E-state index contributed by atoms with van der Waals surface area (Å²) in [6.45, 7) is 3.65. The van der Waals surface area contributed by atoms with E-state index in [0.717, 1.165) is 57.8 Å². The zero-order chi connectivity index (χ0) is 37.5. The van der Waals surface area contributed by atoms with Gasteiger partial charge in [0.05, 0.1) is 13.2 Å². The van der Waals surface area contributed by atoms with Crippen molar-refractivity contribution in [2.75, 3.05) is 26.4 Å². The number of ether oxygens (including phenoxy) is 2. The fourth-order valence-electron chi connectivity index (χ4n) is 5.46. The zero-order valence-corrected chi connectivity index (χ0v) is 33.5. The Kier molecular flexibility index (Phi) is 36.7. The molecular formula is C41H76NO8P. The molecule has 298 valence electrons. The van der Waals surface area contributed by atoms with Crippen LogP contribution in [0.1, 0.15) is 181 Å². The lowest BCUT2D eigenvalue weighted by atomic mass is 10.1. The largest absolute Gasteiger partial charge is 0.472 e. The quantitative estimate of drug-likeness (QED) is 0.0274. The number of unbranched alkanes of at least 4 members (excludes halogenated alkanes) is 19. The molecular weight excluding hydrogens is 665 g/mol. The van der Waals surface area contributed by atoms with Crippen molar-refractivity contribution < 1.29 is 37.6 Å². The van der Waals surface area contributed by atoms with E-state index >= 15 is 0 Å². The number of nitrogens with two attached hydrogens (primary N) is 1. The minimum atomic E-state index is -4.37. The van der Waals surface area contributed by atoms with Gasteiger partial charge in [0.25, 0.3) is 0 Å². The predicted octanol–water partition coefficient (Wildman–Crippen LogP) is 11.4. The molecule has 0 rings (SSSR count). The summed E-state index contributed by atoms with van der Waals surface area (Å²) in [5.74, 6) is -0.843. The maximum atomic E-state index is 12.5. The molecule has 0 bridgehead atoms. The SMILES string of the molecule is CCCCCCC/C=C\C/C=C\C/C=C\CCCCCCCCCCC(=O)OC(COC(=O)CCCCCCCCC)COP(=O)(O)OCCN. The minimum absolute atomic E-state index is 0.0520. The van der Waals surface area contributed by atoms with Gasteiger partial charge in [0.15, 0.2) is 6.10 Å². The van der Waals surface area contributed by atoms with Gasteiger partial charge in [0.1, 0.15) is 6.61 Å². The van der Waals surface area contributed by atoms with Crippen molar-refractivity contribution in [1.82, 2.24) is 0 Å². The number of phosphoric ester groups is 1. The molecule has 0 heterocycles. The van der Waals surface area contributed by atoms with E-state index in [1.807, 2.05) is 0 Å². The van der Waals surface area contributed by atoms with Crippen LogP contribution in [0.5, 0.6) is 0 Å². The lowest BCUT2D eigenvalue weighted by Crippen LogP contribution is -2.29. The summed E-state index contributed by atoms with van der Waals surface area (Å²) >= 11 is 0. The molecule has 9 nitrogen and oxygen atoms in total. The Bertz CT molecular complexity index is 939. The van der Waals surface area contributed by atoms with Crippen LogP contribution in [0.3, 0.4) is 0 Å². The van der Waals surface area contributed by atoms with E-state index < -0.39 is 32.5 Å². The normalized spacial score (nSPS) is 13.7. The van der Waals surface area contributed by atoms with Crippen LogP contribution in [0, 0.1) is 0 Å². The van der Waals surface area contributed by atoms with E-state index in [0.29, 0.717) is 6.42 Å². The van der Waals surface area contributed by atoms with Crippen LogP contribution in [0.4, 0.5) is 0 Å².